The molecule has 24 heavy (non-hydrogen) atoms. The Hall–Kier alpha value is -1.47. The number of thiophene rings is 1. The van der Waals surface area contributed by atoms with Gasteiger partial charge in [0.05, 0.1) is 6.61 Å². The molecule has 3 rings (SSSR count). The van der Waals surface area contributed by atoms with Crippen molar-refractivity contribution in [1.82, 2.24) is 10.6 Å². The number of nitrogens with one attached hydrogen (secondary N) is 2. The Labute approximate surface area is 145 Å². The van der Waals surface area contributed by atoms with Gasteiger partial charge in [0.15, 0.2) is 5.13 Å². The number of amides is 2. The summed E-state index contributed by atoms with van der Waals surface area (Å²) in [4.78, 5) is 24.5. The highest BCUT2D eigenvalue weighted by Crippen LogP contribution is 2.33. The molecule has 7 heteroatoms. The van der Waals surface area contributed by atoms with Gasteiger partial charge in [-0.1, -0.05) is 0 Å². The Morgan fingerprint density at radius 3 is 2.79 bits per heavy atom. The lowest BCUT2D eigenvalue weighted by atomic mass is 9.85. The van der Waals surface area contributed by atoms with Crippen LogP contribution < -0.4 is 10.6 Å². The maximum atomic E-state index is 13.4. The summed E-state index contributed by atoms with van der Waals surface area (Å²) < 4.78 is 19.1. The van der Waals surface area contributed by atoms with E-state index < -0.39 is 0 Å². The van der Waals surface area contributed by atoms with Gasteiger partial charge in [0.2, 0.25) is 11.8 Å². The summed E-state index contributed by atoms with van der Waals surface area (Å²) in [5.41, 5.74) is 0.874. The van der Waals surface area contributed by atoms with E-state index in [1.807, 2.05) is 0 Å². The standard InChI is InChI=1S/C17H23FN2O3S/c1-10(21)20-12-4-2-11(3-5-12)17(22)19-9-14-13-8-16(18)24-15(13)6-7-23-14/h8,11-12,14H,2-7,9H2,1H3,(H,19,22)(H,20,21). The molecule has 1 unspecified atom stereocenters. The van der Waals surface area contributed by atoms with Crippen LogP contribution in [0.25, 0.3) is 0 Å². The van der Waals surface area contributed by atoms with Gasteiger partial charge in [0.25, 0.3) is 0 Å². The zero-order valence-corrected chi connectivity index (χ0v) is 14.6. The van der Waals surface area contributed by atoms with Crippen LogP contribution in [0.4, 0.5) is 4.39 Å². The van der Waals surface area contributed by atoms with Crippen molar-refractivity contribution >= 4 is 23.2 Å². The highest BCUT2D eigenvalue weighted by atomic mass is 32.1. The first-order chi connectivity index (χ1) is 11.5. The minimum absolute atomic E-state index is 0.0164. The third kappa shape index (κ3) is 4.13. The molecule has 1 aliphatic carbocycles. The van der Waals surface area contributed by atoms with Gasteiger partial charge in [0, 0.05) is 36.7 Å². The van der Waals surface area contributed by atoms with E-state index in [0.29, 0.717) is 13.2 Å². The fourth-order valence-electron chi connectivity index (χ4n) is 3.55. The fraction of sp³-hybridized carbons (Fsp3) is 0.647. The van der Waals surface area contributed by atoms with E-state index in [4.69, 9.17) is 4.74 Å². The predicted octanol–water partition coefficient (Wildman–Crippen LogP) is 2.31. The topological polar surface area (TPSA) is 67.4 Å². The molecular weight excluding hydrogens is 331 g/mol. The van der Waals surface area contributed by atoms with Crippen LogP contribution in [0.3, 0.4) is 0 Å². The molecule has 2 heterocycles. The molecule has 2 amide bonds. The second kappa shape index (κ2) is 7.61. The fourth-order valence-corrected chi connectivity index (χ4v) is 4.47. The SMILES string of the molecule is CC(=O)NC1CCC(C(=O)NCC2OCCc3sc(F)cc32)CC1. The van der Waals surface area contributed by atoms with Crippen molar-refractivity contribution in [2.45, 2.75) is 51.2 Å². The molecular formula is C17H23FN2O3S. The highest BCUT2D eigenvalue weighted by molar-refractivity contribution is 7.10. The molecule has 1 saturated carbocycles. The number of hydrogen-bond donors (Lipinski definition) is 2. The Bertz CT molecular complexity index is 611. The van der Waals surface area contributed by atoms with E-state index in [2.05, 4.69) is 10.6 Å². The molecule has 1 atom stereocenters. The largest absolute Gasteiger partial charge is 0.371 e. The number of rotatable bonds is 4. The van der Waals surface area contributed by atoms with Crippen molar-refractivity contribution in [3.8, 4) is 0 Å². The van der Waals surface area contributed by atoms with Gasteiger partial charge < -0.3 is 15.4 Å². The number of fused-ring (bicyclic) bond motifs is 1. The van der Waals surface area contributed by atoms with Crippen LogP contribution in [0, 0.1) is 11.0 Å². The zero-order chi connectivity index (χ0) is 17.1. The van der Waals surface area contributed by atoms with Gasteiger partial charge >= 0.3 is 0 Å². The lowest BCUT2D eigenvalue weighted by molar-refractivity contribution is -0.126. The summed E-state index contributed by atoms with van der Waals surface area (Å²) in [5, 5.41) is 5.68. The van der Waals surface area contributed by atoms with Gasteiger partial charge in [-0.25, -0.2) is 0 Å². The minimum atomic E-state index is -0.255. The van der Waals surface area contributed by atoms with Crippen LogP contribution in [-0.4, -0.2) is 31.0 Å². The van der Waals surface area contributed by atoms with Crippen molar-refractivity contribution in [3.63, 3.8) is 0 Å². The van der Waals surface area contributed by atoms with Crippen molar-refractivity contribution in [3.05, 3.63) is 21.6 Å². The molecule has 0 bridgehead atoms. The average Bonchev–Trinajstić information content (AvgIpc) is 2.93. The number of ether oxygens (including phenoxy) is 1. The molecule has 0 spiro atoms. The highest BCUT2D eigenvalue weighted by Gasteiger charge is 2.28. The van der Waals surface area contributed by atoms with E-state index in [0.717, 1.165) is 42.5 Å². The molecule has 1 fully saturated rings. The second-order valence-electron chi connectivity index (χ2n) is 6.53. The molecule has 5 nitrogen and oxygen atoms in total. The lowest BCUT2D eigenvalue weighted by Crippen LogP contribution is -2.41. The second-order valence-corrected chi connectivity index (χ2v) is 7.62. The average molecular weight is 354 g/mol. The molecule has 1 aliphatic heterocycles. The van der Waals surface area contributed by atoms with Gasteiger partial charge in [-0.2, -0.15) is 4.39 Å². The van der Waals surface area contributed by atoms with Crippen LogP contribution in [0.15, 0.2) is 6.07 Å². The smallest absolute Gasteiger partial charge is 0.223 e. The van der Waals surface area contributed by atoms with E-state index in [1.165, 1.54) is 24.3 Å². The Kier molecular flexibility index (Phi) is 5.50. The van der Waals surface area contributed by atoms with Crippen molar-refractivity contribution in [1.29, 1.82) is 0 Å². The Balaban J connectivity index is 1.48. The van der Waals surface area contributed by atoms with Crippen molar-refractivity contribution in [2.24, 2.45) is 5.92 Å². The number of hydrogen-bond acceptors (Lipinski definition) is 4. The summed E-state index contributed by atoms with van der Waals surface area (Å²) in [5.74, 6) is -0.00359. The van der Waals surface area contributed by atoms with Gasteiger partial charge in [-0.05, 0) is 37.3 Å². The molecule has 2 aliphatic rings. The van der Waals surface area contributed by atoms with Crippen LogP contribution in [0.1, 0.15) is 49.2 Å². The third-order valence-electron chi connectivity index (χ3n) is 4.77. The van der Waals surface area contributed by atoms with Crippen LogP contribution in [0.2, 0.25) is 0 Å². The summed E-state index contributed by atoms with van der Waals surface area (Å²) in [6.07, 6.45) is 3.70. The first-order valence-electron chi connectivity index (χ1n) is 8.47. The maximum absolute atomic E-state index is 13.4. The summed E-state index contributed by atoms with van der Waals surface area (Å²) in [6, 6.07) is 1.71. The van der Waals surface area contributed by atoms with Gasteiger partial charge in [0.1, 0.15) is 6.10 Å². The van der Waals surface area contributed by atoms with Crippen molar-refractivity contribution in [2.75, 3.05) is 13.2 Å². The van der Waals surface area contributed by atoms with E-state index >= 15 is 0 Å². The van der Waals surface area contributed by atoms with Gasteiger partial charge in [-0.3, -0.25) is 9.59 Å². The molecule has 132 valence electrons. The van der Waals surface area contributed by atoms with E-state index in [9.17, 15) is 14.0 Å². The first kappa shape index (κ1) is 17.4. The van der Waals surface area contributed by atoms with Crippen LogP contribution >= 0.6 is 11.3 Å². The summed E-state index contributed by atoms with van der Waals surface area (Å²) >= 11 is 1.17. The Morgan fingerprint density at radius 2 is 2.08 bits per heavy atom. The van der Waals surface area contributed by atoms with Crippen molar-refractivity contribution < 1.29 is 18.7 Å². The van der Waals surface area contributed by atoms with Crippen LogP contribution in [-0.2, 0) is 20.7 Å². The molecule has 1 aromatic heterocycles. The van der Waals surface area contributed by atoms with Gasteiger partial charge in [-0.15, -0.1) is 11.3 Å². The zero-order valence-electron chi connectivity index (χ0n) is 13.8. The molecule has 0 aromatic carbocycles. The first-order valence-corrected chi connectivity index (χ1v) is 9.29. The number of carbonyl (C=O) groups is 2. The quantitative estimate of drug-likeness (QED) is 0.872. The normalized spacial score (nSPS) is 26.5. The molecule has 0 saturated heterocycles. The number of carbonyl (C=O) groups excluding carboxylic acids is 2. The molecule has 0 radical (unpaired) electrons. The monoisotopic (exact) mass is 354 g/mol. The van der Waals surface area contributed by atoms with E-state index in [-0.39, 0.29) is 35.0 Å². The molecule has 1 aromatic rings. The molecule has 2 N–H and O–H groups in total. The summed E-state index contributed by atoms with van der Waals surface area (Å²) in [7, 11) is 0. The Morgan fingerprint density at radius 1 is 1.33 bits per heavy atom. The third-order valence-corrected chi connectivity index (χ3v) is 5.77. The van der Waals surface area contributed by atoms with E-state index in [1.54, 1.807) is 0 Å². The predicted molar refractivity (Wildman–Crippen MR) is 89.2 cm³/mol. The van der Waals surface area contributed by atoms with Crippen LogP contribution in [0.5, 0.6) is 0 Å². The summed E-state index contributed by atoms with van der Waals surface area (Å²) in [6.45, 7) is 2.47. The minimum Gasteiger partial charge on any atom is -0.371 e. The maximum Gasteiger partial charge on any atom is 0.223 e. The number of halogens is 1. The lowest BCUT2D eigenvalue weighted by Gasteiger charge is -2.29.